The molecule has 64 valence electrons. The quantitative estimate of drug-likeness (QED) is 0.720. The summed E-state index contributed by atoms with van der Waals surface area (Å²) in [4.78, 5) is 1.06. The third-order valence-electron chi connectivity index (χ3n) is 2.15. The molecule has 0 fully saturated rings. The van der Waals surface area contributed by atoms with Crippen LogP contribution in [-0.4, -0.2) is 12.3 Å². The van der Waals surface area contributed by atoms with Gasteiger partial charge in [-0.25, -0.2) is 4.39 Å². The molecule has 0 aliphatic carbocycles. The van der Waals surface area contributed by atoms with Crippen LogP contribution in [0.4, 0.5) is 4.39 Å². The number of nitrogens with two attached hydrogens (primary N) is 1. The fourth-order valence-corrected chi connectivity index (χ4v) is 2.78. The summed E-state index contributed by atoms with van der Waals surface area (Å²) >= 11 is 1.69. The SMILES string of the molecule is NCC1CSc2cccc(F)c21. The van der Waals surface area contributed by atoms with E-state index in [0.717, 1.165) is 16.2 Å². The molecule has 2 rings (SSSR count). The Kier molecular flexibility index (Phi) is 2.07. The van der Waals surface area contributed by atoms with Gasteiger partial charge in [0.05, 0.1) is 0 Å². The number of hydrogen-bond acceptors (Lipinski definition) is 2. The van der Waals surface area contributed by atoms with Gasteiger partial charge < -0.3 is 5.73 Å². The number of thioether (sulfide) groups is 1. The van der Waals surface area contributed by atoms with E-state index in [1.807, 2.05) is 6.07 Å². The molecule has 3 heteroatoms. The van der Waals surface area contributed by atoms with Crippen LogP contribution in [-0.2, 0) is 0 Å². The Morgan fingerprint density at radius 2 is 2.42 bits per heavy atom. The van der Waals surface area contributed by atoms with Crippen molar-refractivity contribution in [2.75, 3.05) is 12.3 Å². The van der Waals surface area contributed by atoms with Crippen molar-refractivity contribution in [3.63, 3.8) is 0 Å². The smallest absolute Gasteiger partial charge is 0.127 e. The lowest BCUT2D eigenvalue weighted by Gasteiger charge is -2.06. The standard InChI is InChI=1S/C9H10FNS/c10-7-2-1-3-8-9(7)6(4-11)5-12-8/h1-3,6H,4-5,11H2. The molecule has 1 unspecified atom stereocenters. The van der Waals surface area contributed by atoms with Crippen molar-refractivity contribution in [2.24, 2.45) is 5.73 Å². The predicted octanol–water partition coefficient (Wildman–Crippen LogP) is 1.97. The lowest BCUT2D eigenvalue weighted by atomic mass is 10.0. The summed E-state index contributed by atoms with van der Waals surface area (Å²) in [6.45, 7) is 0.543. The molecule has 1 heterocycles. The first-order valence-electron chi connectivity index (χ1n) is 3.94. The lowest BCUT2D eigenvalue weighted by molar-refractivity contribution is 0.589. The number of benzene rings is 1. The monoisotopic (exact) mass is 183 g/mol. The van der Waals surface area contributed by atoms with Gasteiger partial charge in [-0.15, -0.1) is 11.8 Å². The molecule has 2 N–H and O–H groups in total. The highest BCUT2D eigenvalue weighted by molar-refractivity contribution is 7.99. The largest absolute Gasteiger partial charge is 0.330 e. The van der Waals surface area contributed by atoms with Crippen LogP contribution >= 0.6 is 11.8 Å². The van der Waals surface area contributed by atoms with Crippen LogP contribution in [0.15, 0.2) is 23.1 Å². The first-order valence-corrected chi connectivity index (χ1v) is 4.92. The van der Waals surface area contributed by atoms with Crippen molar-refractivity contribution in [1.29, 1.82) is 0 Å². The zero-order valence-corrected chi connectivity index (χ0v) is 7.40. The summed E-state index contributed by atoms with van der Waals surface area (Å²) in [7, 11) is 0. The van der Waals surface area contributed by atoms with Crippen LogP contribution in [0.2, 0.25) is 0 Å². The van der Waals surface area contributed by atoms with Gasteiger partial charge >= 0.3 is 0 Å². The van der Waals surface area contributed by atoms with Crippen LogP contribution in [0.5, 0.6) is 0 Å². The van der Waals surface area contributed by atoms with E-state index in [1.165, 1.54) is 6.07 Å². The average Bonchev–Trinajstić information content (AvgIpc) is 2.49. The second-order valence-corrected chi connectivity index (χ2v) is 3.96. The van der Waals surface area contributed by atoms with E-state index in [0.29, 0.717) is 6.54 Å². The number of rotatable bonds is 1. The molecule has 1 aliphatic heterocycles. The maximum absolute atomic E-state index is 13.3. The van der Waals surface area contributed by atoms with Crippen molar-refractivity contribution >= 4 is 11.8 Å². The van der Waals surface area contributed by atoms with Gasteiger partial charge in [-0.05, 0) is 12.1 Å². The fraction of sp³-hybridized carbons (Fsp3) is 0.333. The Bertz CT molecular complexity index is 301. The molecule has 1 atom stereocenters. The zero-order chi connectivity index (χ0) is 8.55. The highest BCUT2D eigenvalue weighted by atomic mass is 32.2. The number of hydrogen-bond donors (Lipinski definition) is 1. The average molecular weight is 183 g/mol. The van der Waals surface area contributed by atoms with E-state index in [2.05, 4.69) is 0 Å². The van der Waals surface area contributed by atoms with Gasteiger partial charge in [-0.2, -0.15) is 0 Å². The minimum Gasteiger partial charge on any atom is -0.330 e. The summed E-state index contributed by atoms with van der Waals surface area (Å²) in [6.07, 6.45) is 0. The van der Waals surface area contributed by atoms with Gasteiger partial charge in [0.25, 0.3) is 0 Å². The molecule has 0 amide bonds. The topological polar surface area (TPSA) is 26.0 Å². The molecule has 1 aromatic rings. The van der Waals surface area contributed by atoms with Crippen LogP contribution in [0.3, 0.4) is 0 Å². The van der Waals surface area contributed by atoms with Crippen molar-refractivity contribution in [3.05, 3.63) is 29.6 Å². The van der Waals surface area contributed by atoms with Crippen molar-refractivity contribution < 1.29 is 4.39 Å². The first kappa shape index (κ1) is 8.08. The van der Waals surface area contributed by atoms with Gasteiger partial charge in [0, 0.05) is 28.7 Å². The summed E-state index contributed by atoms with van der Waals surface area (Å²) in [5.41, 5.74) is 6.36. The maximum atomic E-state index is 13.3. The second kappa shape index (κ2) is 3.07. The van der Waals surface area contributed by atoms with E-state index < -0.39 is 0 Å². The predicted molar refractivity (Wildman–Crippen MR) is 48.9 cm³/mol. The molecule has 1 aromatic carbocycles. The van der Waals surface area contributed by atoms with Gasteiger partial charge in [-0.3, -0.25) is 0 Å². The van der Waals surface area contributed by atoms with Gasteiger partial charge in [0.2, 0.25) is 0 Å². The number of halogens is 1. The molecule has 0 saturated carbocycles. The summed E-state index contributed by atoms with van der Waals surface area (Å²) in [5, 5.41) is 0. The Morgan fingerprint density at radius 1 is 1.58 bits per heavy atom. The Hall–Kier alpha value is -0.540. The molecule has 0 spiro atoms. The van der Waals surface area contributed by atoms with Crippen molar-refractivity contribution in [3.8, 4) is 0 Å². The molecular weight excluding hydrogens is 173 g/mol. The molecule has 1 nitrogen and oxygen atoms in total. The lowest BCUT2D eigenvalue weighted by Crippen LogP contribution is -2.12. The van der Waals surface area contributed by atoms with Gasteiger partial charge in [0.1, 0.15) is 5.82 Å². The van der Waals surface area contributed by atoms with E-state index in [9.17, 15) is 4.39 Å². The van der Waals surface area contributed by atoms with Crippen molar-refractivity contribution in [2.45, 2.75) is 10.8 Å². The Balaban J connectivity index is 2.48. The van der Waals surface area contributed by atoms with E-state index >= 15 is 0 Å². The highest BCUT2D eigenvalue weighted by Crippen LogP contribution is 2.40. The number of fused-ring (bicyclic) bond motifs is 1. The normalized spacial score (nSPS) is 21.0. The Morgan fingerprint density at radius 3 is 3.17 bits per heavy atom. The summed E-state index contributed by atoms with van der Waals surface area (Å²) in [5.74, 6) is 1.03. The van der Waals surface area contributed by atoms with Gasteiger partial charge in [0.15, 0.2) is 0 Å². The third kappa shape index (κ3) is 1.13. The third-order valence-corrected chi connectivity index (χ3v) is 3.38. The minimum absolute atomic E-state index is 0.104. The van der Waals surface area contributed by atoms with Gasteiger partial charge in [-0.1, -0.05) is 6.07 Å². The van der Waals surface area contributed by atoms with Crippen LogP contribution in [0.1, 0.15) is 11.5 Å². The molecule has 0 radical (unpaired) electrons. The molecular formula is C9H10FNS. The molecule has 1 aliphatic rings. The molecule has 0 saturated heterocycles. The van der Waals surface area contributed by atoms with Crippen LogP contribution in [0, 0.1) is 5.82 Å². The first-order chi connectivity index (χ1) is 5.83. The van der Waals surface area contributed by atoms with E-state index in [4.69, 9.17) is 5.73 Å². The molecule has 0 bridgehead atoms. The highest BCUT2D eigenvalue weighted by Gasteiger charge is 2.24. The Labute approximate surface area is 75.1 Å². The summed E-state index contributed by atoms with van der Waals surface area (Å²) < 4.78 is 13.3. The fourth-order valence-electron chi connectivity index (χ4n) is 1.50. The van der Waals surface area contributed by atoms with Crippen LogP contribution in [0.25, 0.3) is 0 Å². The second-order valence-electron chi connectivity index (χ2n) is 2.90. The molecule has 12 heavy (non-hydrogen) atoms. The minimum atomic E-state index is -0.104. The van der Waals surface area contributed by atoms with Crippen LogP contribution < -0.4 is 5.73 Å². The van der Waals surface area contributed by atoms with E-state index in [-0.39, 0.29) is 11.7 Å². The summed E-state index contributed by atoms with van der Waals surface area (Å²) in [6, 6.07) is 5.21. The zero-order valence-electron chi connectivity index (χ0n) is 6.59. The molecule has 0 aromatic heterocycles. The van der Waals surface area contributed by atoms with Crippen molar-refractivity contribution in [1.82, 2.24) is 0 Å². The maximum Gasteiger partial charge on any atom is 0.127 e. The van der Waals surface area contributed by atoms with E-state index in [1.54, 1.807) is 17.8 Å².